The second-order valence-corrected chi connectivity index (χ2v) is 11.6. The quantitative estimate of drug-likeness (QED) is 0.541. The number of carbonyl (C=O) groups is 1. The Morgan fingerprint density at radius 3 is 2.63 bits per heavy atom. The van der Waals surface area contributed by atoms with Gasteiger partial charge in [-0.05, 0) is 51.4 Å². The number of benzene rings is 2. The molecule has 0 aromatic heterocycles. The van der Waals surface area contributed by atoms with E-state index < -0.39 is 34.0 Å². The molecule has 1 aliphatic heterocycles. The van der Waals surface area contributed by atoms with Gasteiger partial charge in [0.25, 0.3) is 0 Å². The Balaban J connectivity index is 1.95. The highest BCUT2D eigenvalue weighted by Crippen LogP contribution is 2.34. The number of rotatable bonds is 6. The molecule has 3 atom stereocenters. The fourth-order valence-electron chi connectivity index (χ4n) is 3.95. The number of nitrogens with zero attached hydrogens (tertiary/aromatic N) is 3. The minimum Gasteiger partial charge on any atom is -0.487 e. The number of hydrogen-bond acceptors (Lipinski definition) is 6. The van der Waals surface area contributed by atoms with Gasteiger partial charge in [-0.25, -0.2) is 17.6 Å². The van der Waals surface area contributed by atoms with E-state index in [0.717, 1.165) is 0 Å². The second kappa shape index (κ2) is 12.6. The van der Waals surface area contributed by atoms with Gasteiger partial charge in [-0.15, -0.1) is 0 Å². The first-order chi connectivity index (χ1) is 17.9. The van der Waals surface area contributed by atoms with Crippen molar-refractivity contribution in [3.63, 3.8) is 0 Å². The van der Waals surface area contributed by atoms with Crippen molar-refractivity contribution in [1.29, 1.82) is 0 Å². The molecule has 2 aromatic carbocycles. The molecule has 2 amide bonds. The van der Waals surface area contributed by atoms with Crippen LogP contribution in [0.15, 0.2) is 47.4 Å². The molecule has 2 aromatic rings. The molecule has 0 aliphatic carbocycles. The van der Waals surface area contributed by atoms with Crippen molar-refractivity contribution in [2.45, 2.75) is 30.9 Å². The first kappa shape index (κ1) is 29.4. The minimum atomic E-state index is -3.99. The van der Waals surface area contributed by atoms with Crippen LogP contribution in [-0.2, 0) is 10.0 Å². The maximum absolute atomic E-state index is 14.0. The average molecular weight is 547 g/mol. The molecule has 11 heteroatoms. The van der Waals surface area contributed by atoms with Crippen LogP contribution in [-0.4, -0.2) is 93.2 Å². The number of aliphatic hydroxyl groups excluding tert-OH is 1. The highest BCUT2D eigenvalue weighted by atomic mass is 32.2. The van der Waals surface area contributed by atoms with Gasteiger partial charge < -0.3 is 20.1 Å². The Bertz CT molecular complexity index is 1310. The van der Waals surface area contributed by atoms with Gasteiger partial charge >= 0.3 is 6.03 Å². The van der Waals surface area contributed by atoms with Crippen LogP contribution in [0.1, 0.15) is 19.4 Å². The smallest absolute Gasteiger partial charge is 0.321 e. The van der Waals surface area contributed by atoms with Crippen LogP contribution in [0, 0.1) is 23.6 Å². The summed E-state index contributed by atoms with van der Waals surface area (Å²) in [5, 5.41) is 12.3. The second-order valence-electron chi connectivity index (χ2n) is 9.73. The van der Waals surface area contributed by atoms with E-state index in [1.807, 2.05) is 25.9 Å². The normalized spacial score (nSPS) is 19.7. The molecule has 1 heterocycles. The first-order valence-electron chi connectivity index (χ1n) is 12.3. The van der Waals surface area contributed by atoms with Crippen molar-refractivity contribution < 1.29 is 27.4 Å². The summed E-state index contributed by atoms with van der Waals surface area (Å²) in [6.07, 6.45) is -0.612. The molecule has 0 saturated heterocycles. The van der Waals surface area contributed by atoms with Gasteiger partial charge in [-0.2, -0.15) is 4.31 Å². The van der Waals surface area contributed by atoms with Crippen molar-refractivity contribution in [1.82, 2.24) is 14.1 Å². The summed E-state index contributed by atoms with van der Waals surface area (Å²) in [6.45, 7) is 3.80. The zero-order valence-corrected chi connectivity index (χ0v) is 23.1. The van der Waals surface area contributed by atoms with E-state index in [1.54, 1.807) is 32.2 Å². The number of aliphatic hydroxyl groups is 1. The van der Waals surface area contributed by atoms with Gasteiger partial charge in [-0.1, -0.05) is 30.9 Å². The van der Waals surface area contributed by atoms with Crippen LogP contribution in [0.5, 0.6) is 5.75 Å². The Kier molecular flexibility index (Phi) is 9.73. The topological polar surface area (TPSA) is 102 Å². The van der Waals surface area contributed by atoms with E-state index in [0.29, 0.717) is 12.1 Å². The molecule has 3 rings (SSSR count). The standard InChI is InChI=1S/C27H35FN4O5S/c1-19-16-32(20(2)18-33)38(35,36)26-13-12-21(9-8-14-30(3)4)15-24(26)37-25(19)17-31(5)27(34)29-23-11-7-6-10-22(23)28/h6-7,10-13,15,19-20,25,33H,14,16-18H2,1-5H3,(H,29,34)/t19-,20-,25+/m1/s1. The van der Waals surface area contributed by atoms with E-state index in [9.17, 15) is 22.7 Å². The number of halogens is 1. The molecule has 0 radical (unpaired) electrons. The molecular formula is C27H35FN4O5S. The zero-order chi connectivity index (χ0) is 28.0. The van der Waals surface area contributed by atoms with Crippen LogP contribution in [0.4, 0.5) is 14.9 Å². The van der Waals surface area contributed by atoms with Gasteiger partial charge in [-0.3, -0.25) is 4.90 Å². The molecular weight excluding hydrogens is 511 g/mol. The third-order valence-corrected chi connectivity index (χ3v) is 8.23. The summed E-state index contributed by atoms with van der Waals surface area (Å²) in [7, 11) is 1.35. The van der Waals surface area contributed by atoms with Gasteiger partial charge in [0.05, 0.1) is 25.4 Å². The largest absolute Gasteiger partial charge is 0.487 e. The number of carbonyl (C=O) groups excluding carboxylic acids is 1. The third-order valence-electron chi connectivity index (χ3n) is 6.21. The van der Waals surface area contributed by atoms with Gasteiger partial charge in [0.15, 0.2) is 0 Å². The van der Waals surface area contributed by atoms with E-state index in [1.165, 1.54) is 33.5 Å². The lowest BCUT2D eigenvalue weighted by Crippen LogP contribution is -2.50. The summed E-state index contributed by atoms with van der Waals surface area (Å²) in [5.74, 6) is 5.25. The number of urea groups is 1. The predicted molar refractivity (Wildman–Crippen MR) is 144 cm³/mol. The highest BCUT2D eigenvalue weighted by Gasteiger charge is 2.38. The van der Waals surface area contributed by atoms with Crippen LogP contribution in [0.3, 0.4) is 0 Å². The molecule has 0 fully saturated rings. The molecule has 206 valence electrons. The molecule has 9 nitrogen and oxygen atoms in total. The lowest BCUT2D eigenvalue weighted by atomic mass is 10.0. The molecule has 1 aliphatic rings. The van der Waals surface area contributed by atoms with Crippen molar-refractivity contribution >= 4 is 21.7 Å². The number of fused-ring (bicyclic) bond motifs is 1. The minimum absolute atomic E-state index is 0.0358. The number of nitrogens with one attached hydrogen (secondary N) is 1. The van der Waals surface area contributed by atoms with Crippen LogP contribution < -0.4 is 10.1 Å². The van der Waals surface area contributed by atoms with Gasteiger partial charge in [0.2, 0.25) is 10.0 Å². The van der Waals surface area contributed by atoms with Crippen LogP contribution in [0.2, 0.25) is 0 Å². The maximum Gasteiger partial charge on any atom is 0.321 e. The lowest BCUT2D eigenvalue weighted by Gasteiger charge is -2.37. The van der Waals surface area contributed by atoms with Crippen LogP contribution >= 0.6 is 0 Å². The number of ether oxygens (including phenoxy) is 1. The SMILES string of the molecule is C[C@@H]1CN([C@H](C)CO)S(=O)(=O)c2ccc(C#CCN(C)C)cc2O[C@H]1CN(C)C(=O)Nc1ccccc1F. The molecule has 2 N–H and O–H groups in total. The van der Waals surface area contributed by atoms with Crippen LogP contribution in [0.25, 0.3) is 0 Å². The van der Waals surface area contributed by atoms with E-state index >= 15 is 0 Å². The summed E-state index contributed by atoms with van der Waals surface area (Å²) in [4.78, 5) is 16.1. The fourth-order valence-corrected chi connectivity index (χ4v) is 5.77. The van der Waals surface area contributed by atoms with Crippen molar-refractivity contribution in [3.05, 3.63) is 53.8 Å². The summed E-state index contributed by atoms with van der Waals surface area (Å²) in [6, 6.07) is 9.32. The highest BCUT2D eigenvalue weighted by molar-refractivity contribution is 7.89. The van der Waals surface area contributed by atoms with E-state index in [4.69, 9.17) is 4.74 Å². The van der Waals surface area contributed by atoms with E-state index in [2.05, 4.69) is 17.2 Å². The molecule has 38 heavy (non-hydrogen) atoms. The van der Waals surface area contributed by atoms with E-state index in [-0.39, 0.29) is 41.9 Å². The van der Waals surface area contributed by atoms with Crippen molar-refractivity contribution in [2.24, 2.45) is 5.92 Å². The van der Waals surface area contributed by atoms with Crippen molar-refractivity contribution in [2.75, 3.05) is 52.7 Å². The number of amides is 2. The summed E-state index contributed by atoms with van der Waals surface area (Å²) >= 11 is 0. The summed E-state index contributed by atoms with van der Waals surface area (Å²) in [5.41, 5.74) is 0.636. The number of anilines is 1. The average Bonchev–Trinajstić information content (AvgIpc) is 2.86. The third kappa shape index (κ3) is 7.02. The number of para-hydroxylation sites is 1. The molecule has 0 spiro atoms. The Morgan fingerprint density at radius 2 is 1.97 bits per heavy atom. The van der Waals surface area contributed by atoms with Crippen molar-refractivity contribution in [3.8, 4) is 17.6 Å². The Labute approximate surface area is 224 Å². The Morgan fingerprint density at radius 1 is 1.26 bits per heavy atom. The fraction of sp³-hybridized carbons (Fsp3) is 0.444. The lowest BCUT2D eigenvalue weighted by molar-refractivity contribution is 0.0830. The molecule has 0 saturated carbocycles. The van der Waals surface area contributed by atoms with Gasteiger partial charge in [0, 0.05) is 31.1 Å². The summed E-state index contributed by atoms with van der Waals surface area (Å²) < 4.78 is 48.8. The number of hydrogen-bond donors (Lipinski definition) is 2. The first-order valence-corrected chi connectivity index (χ1v) is 13.7. The number of sulfonamides is 1. The molecule has 0 bridgehead atoms. The zero-order valence-electron chi connectivity index (χ0n) is 22.3. The predicted octanol–water partition coefficient (Wildman–Crippen LogP) is 2.67. The Hall–Kier alpha value is -3.17. The monoisotopic (exact) mass is 546 g/mol. The van der Waals surface area contributed by atoms with Gasteiger partial charge in [0.1, 0.15) is 22.6 Å². The molecule has 0 unspecified atom stereocenters. The maximum atomic E-state index is 14.0. The number of likely N-dealkylation sites (N-methyl/N-ethyl adjacent to an activating group) is 1.